The van der Waals surface area contributed by atoms with Crippen LogP contribution in [0.15, 0.2) is 18.2 Å². The van der Waals surface area contributed by atoms with E-state index in [0.717, 1.165) is 31.4 Å². The molecule has 1 aromatic rings. The number of aliphatic hydroxyl groups excluding tert-OH is 1. The van der Waals surface area contributed by atoms with Gasteiger partial charge in [0.2, 0.25) is 0 Å². The molecule has 3 atom stereocenters. The van der Waals surface area contributed by atoms with Gasteiger partial charge in [0.15, 0.2) is 11.6 Å². The Morgan fingerprint density at radius 1 is 1.30 bits per heavy atom. The topological polar surface area (TPSA) is 29.5 Å². The molecule has 6 heteroatoms. The first-order valence-electron chi connectivity index (χ1n) is 7.74. The van der Waals surface area contributed by atoms with Gasteiger partial charge in [-0.1, -0.05) is 39.7 Å². The zero-order valence-electron chi connectivity index (χ0n) is 13.5. The molecule has 1 N–H and O–H groups in total. The van der Waals surface area contributed by atoms with Crippen LogP contribution < -0.4 is 4.74 Å². The fraction of sp³-hybridized carbons (Fsp3) is 0.647. The zero-order valence-corrected chi connectivity index (χ0v) is 13.5. The third kappa shape index (κ3) is 4.16. The molecule has 0 heterocycles. The summed E-state index contributed by atoms with van der Waals surface area (Å²) in [7, 11) is 0. The molecule has 0 amide bonds. The molecular weight excluding hydrogens is 312 g/mol. The van der Waals surface area contributed by atoms with Crippen LogP contribution in [0.2, 0.25) is 0 Å². The molecule has 1 aliphatic carbocycles. The highest BCUT2D eigenvalue weighted by Gasteiger charge is 2.42. The van der Waals surface area contributed by atoms with Crippen molar-refractivity contribution in [3.63, 3.8) is 0 Å². The summed E-state index contributed by atoms with van der Waals surface area (Å²) in [6.45, 7) is 6.17. The Morgan fingerprint density at radius 2 is 1.96 bits per heavy atom. The monoisotopic (exact) mass is 334 g/mol. The van der Waals surface area contributed by atoms with Crippen molar-refractivity contribution in [3.05, 3.63) is 29.6 Å². The van der Waals surface area contributed by atoms with E-state index in [1.54, 1.807) is 0 Å². The standard InChI is InChI=1S/C17H22F4O2/c1-10-5-4-8-16(2,3)14(10)15(22)11-6-7-13(12(18)9-11)23-17(19,20)21/h6-7,9-10,14-15,22H,4-5,8H2,1-3H3/t10-,14-,15+/m0/s1. The number of benzene rings is 1. The highest BCUT2D eigenvalue weighted by atomic mass is 19.4. The van der Waals surface area contributed by atoms with E-state index in [9.17, 15) is 22.7 Å². The number of ether oxygens (including phenoxy) is 1. The number of halogens is 4. The maximum atomic E-state index is 13.9. The van der Waals surface area contributed by atoms with Crippen molar-refractivity contribution in [1.82, 2.24) is 0 Å². The van der Waals surface area contributed by atoms with Crippen LogP contribution in [0.3, 0.4) is 0 Å². The minimum absolute atomic E-state index is 0.0787. The first-order chi connectivity index (χ1) is 10.5. The van der Waals surface area contributed by atoms with Gasteiger partial charge in [-0.2, -0.15) is 0 Å². The molecule has 0 aromatic heterocycles. The predicted octanol–water partition coefficient (Wildman–Crippen LogP) is 5.22. The van der Waals surface area contributed by atoms with Crippen LogP contribution in [-0.4, -0.2) is 11.5 Å². The molecule has 0 saturated heterocycles. The summed E-state index contributed by atoms with van der Waals surface area (Å²) in [6.07, 6.45) is -2.86. The lowest BCUT2D eigenvalue weighted by atomic mass is 9.61. The Bertz CT molecular complexity index is 554. The third-order valence-corrected chi connectivity index (χ3v) is 4.86. The molecule has 0 unspecified atom stereocenters. The van der Waals surface area contributed by atoms with Crippen LogP contribution >= 0.6 is 0 Å². The lowest BCUT2D eigenvalue weighted by molar-refractivity contribution is -0.275. The summed E-state index contributed by atoms with van der Waals surface area (Å²) in [5, 5.41) is 10.7. The van der Waals surface area contributed by atoms with Crippen molar-refractivity contribution in [2.75, 3.05) is 0 Å². The maximum absolute atomic E-state index is 13.9. The van der Waals surface area contributed by atoms with Gasteiger partial charge in [-0.25, -0.2) is 4.39 Å². The molecule has 130 valence electrons. The minimum atomic E-state index is -4.94. The highest BCUT2D eigenvalue weighted by Crippen LogP contribution is 2.49. The van der Waals surface area contributed by atoms with Crippen molar-refractivity contribution >= 4 is 0 Å². The van der Waals surface area contributed by atoms with E-state index in [2.05, 4.69) is 18.6 Å². The van der Waals surface area contributed by atoms with Gasteiger partial charge in [0.05, 0.1) is 6.10 Å². The van der Waals surface area contributed by atoms with Crippen LogP contribution in [0.5, 0.6) is 5.75 Å². The lowest BCUT2D eigenvalue weighted by Gasteiger charge is -2.45. The Labute approximate surface area is 133 Å². The van der Waals surface area contributed by atoms with Gasteiger partial charge in [0.25, 0.3) is 0 Å². The molecule has 0 radical (unpaired) electrons. The van der Waals surface area contributed by atoms with Crippen molar-refractivity contribution in [2.45, 2.75) is 52.5 Å². The van der Waals surface area contributed by atoms with Crippen LogP contribution in [-0.2, 0) is 0 Å². The fourth-order valence-corrected chi connectivity index (χ4v) is 3.85. The summed E-state index contributed by atoms with van der Waals surface area (Å²) < 4.78 is 54.0. The van der Waals surface area contributed by atoms with Gasteiger partial charge in [-0.3, -0.25) is 0 Å². The molecule has 0 spiro atoms. The number of rotatable bonds is 3. The average Bonchev–Trinajstić information content (AvgIpc) is 2.38. The van der Waals surface area contributed by atoms with E-state index in [4.69, 9.17) is 0 Å². The summed E-state index contributed by atoms with van der Waals surface area (Å²) >= 11 is 0. The third-order valence-electron chi connectivity index (χ3n) is 4.86. The van der Waals surface area contributed by atoms with E-state index in [-0.39, 0.29) is 22.8 Å². The van der Waals surface area contributed by atoms with Crippen LogP contribution in [0.25, 0.3) is 0 Å². The van der Waals surface area contributed by atoms with Gasteiger partial charge < -0.3 is 9.84 Å². The summed E-state index contributed by atoms with van der Waals surface area (Å²) in [4.78, 5) is 0. The summed E-state index contributed by atoms with van der Waals surface area (Å²) in [6, 6.07) is 3.15. The first-order valence-corrected chi connectivity index (χ1v) is 7.74. The first kappa shape index (κ1) is 18.0. The second kappa shape index (κ2) is 6.30. The molecule has 0 bridgehead atoms. The van der Waals surface area contributed by atoms with Crippen LogP contribution in [0.1, 0.15) is 51.7 Å². The van der Waals surface area contributed by atoms with Crippen molar-refractivity contribution in [2.24, 2.45) is 17.3 Å². The highest BCUT2D eigenvalue weighted by molar-refractivity contribution is 5.31. The van der Waals surface area contributed by atoms with E-state index < -0.39 is 24.0 Å². The molecule has 23 heavy (non-hydrogen) atoms. The van der Waals surface area contributed by atoms with Crippen LogP contribution in [0, 0.1) is 23.1 Å². The Balaban J connectivity index is 2.25. The van der Waals surface area contributed by atoms with Gasteiger partial charge in [0, 0.05) is 0 Å². The molecule has 2 nitrogen and oxygen atoms in total. The van der Waals surface area contributed by atoms with Gasteiger partial charge in [-0.15, -0.1) is 13.2 Å². The number of hydrogen-bond acceptors (Lipinski definition) is 2. The minimum Gasteiger partial charge on any atom is -0.403 e. The quantitative estimate of drug-likeness (QED) is 0.768. The molecule has 0 aliphatic heterocycles. The second-order valence-electron chi connectivity index (χ2n) is 7.07. The maximum Gasteiger partial charge on any atom is 0.573 e. The van der Waals surface area contributed by atoms with Crippen molar-refractivity contribution < 1.29 is 27.4 Å². The normalized spacial score (nSPS) is 25.9. The second-order valence-corrected chi connectivity index (χ2v) is 7.07. The predicted molar refractivity (Wildman–Crippen MR) is 78.3 cm³/mol. The van der Waals surface area contributed by atoms with E-state index in [1.165, 1.54) is 6.07 Å². The SMILES string of the molecule is C[C@H]1CCCC(C)(C)[C@@H]1[C@H](O)c1ccc(OC(F)(F)F)c(F)c1. The van der Waals surface area contributed by atoms with Crippen molar-refractivity contribution in [3.8, 4) is 5.75 Å². The number of hydrogen-bond donors (Lipinski definition) is 1. The number of alkyl halides is 3. The van der Waals surface area contributed by atoms with E-state index >= 15 is 0 Å². The van der Waals surface area contributed by atoms with Gasteiger partial charge in [0.1, 0.15) is 0 Å². The van der Waals surface area contributed by atoms with E-state index in [0.29, 0.717) is 0 Å². The fourth-order valence-electron chi connectivity index (χ4n) is 3.85. The largest absolute Gasteiger partial charge is 0.573 e. The Hall–Kier alpha value is -1.30. The Kier molecular flexibility index (Phi) is 4.95. The van der Waals surface area contributed by atoms with Gasteiger partial charge >= 0.3 is 6.36 Å². The molecule has 1 fully saturated rings. The lowest BCUT2D eigenvalue weighted by Crippen LogP contribution is -2.38. The van der Waals surface area contributed by atoms with Crippen molar-refractivity contribution in [1.29, 1.82) is 0 Å². The summed E-state index contributed by atoms with van der Waals surface area (Å²) in [5.41, 5.74) is 0.165. The van der Waals surface area contributed by atoms with Gasteiger partial charge in [-0.05, 0) is 41.4 Å². The van der Waals surface area contributed by atoms with E-state index in [1.807, 2.05) is 6.92 Å². The molecule has 2 rings (SSSR count). The zero-order chi connectivity index (χ0) is 17.4. The molecule has 1 saturated carbocycles. The Morgan fingerprint density at radius 3 is 2.48 bits per heavy atom. The number of aliphatic hydroxyl groups is 1. The molecule has 1 aromatic carbocycles. The smallest absolute Gasteiger partial charge is 0.403 e. The van der Waals surface area contributed by atoms with Crippen LogP contribution in [0.4, 0.5) is 17.6 Å². The molecule has 1 aliphatic rings. The average molecular weight is 334 g/mol. The molecular formula is C17H22F4O2. The summed E-state index contributed by atoms with van der Waals surface area (Å²) in [5.74, 6) is -1.84.